The molecule has 1 N–H and O–H groups in total. The van der Waals surface area contributed by atoms with E-state index in [1.54, 1.807) is 17.4 Å². The van der Waals surface area contributed by atoms with Gasteiger partial charge in [-0.25, -0.2) is 4.98 Å². The highest BCUT2D eigenvalue weighted by Crippen LogP contribution is 2.31. The highest BCUT2D eigenvalue weighted by molar-refractivity contribution is 7.21. The maximum atomic E-state index is 11.5. The van der Waals surface area contributed by atoms with Crippen LogP contribution in [-0.4, -0.2) is 10.9 Å². The van der Waals surface area contributed by atoms with Crippen molar-refractivity contribution in [2.45, 2.75) is 13.8 Å². The molecule has 1 heterocycles. The van der Waals surface area contributed by atoms with Gasteiger partial charge in [-0.2, -0.15) is 0 Å². The van der Waals surface area contributed by atoms with Gasteiger partial charge in [0, 0.05) is 11.3 Å². The molecule has 1 aromatic heterocycles. The van der Waals surface area contributed by atoms with Crippen LogP contribution < -0.4 is 5.32 Å². The molecule has 3 nitrogen and oxygen atoms in total. The summed E-state index contributed by atoms with van der Waals surface area (Å²) in [6, 6.07) is 14.0. The molecule has 110 valence electrons. The zero-order valence-corrected chi connectivity index (χ0v) is 13.3. The molecular formula is C18H16N2OS. The molecular weight excluding hydrogens is 292 g/mol. The van der Waals surface area contributed by atoms with Crippen molar-refractivity contribution < 1.29 is 4.79 Å². The third kappa shape index (κ3) is 3.07. The van der Waals surface area contributed by atoms with E-state index >= 15 is 0 Å². The number of hydrogen-bond donors (Lipinski definition) is 1. The first-order valence-electron chi connectivity index (χ1n) is 7.07. The fourth-order valence-electron chi connectivity index (χ4n) is 2.19. The lowest BCUT2D eigenvalue weighted by molar-refractivity contribution is -0.111. The van der Waals surface area contributed by atoms with E-state index in [0.29, 0.717) is 0 Å². The Balaban J connectivity index is 1.86. The summed E-state index contributed by atoms with van der Waals surface area (Å²) in [7, 11) is 0. The van der Waals surface area contributed by atoms with Crippen molar-refractivity contribution in [2.75, 3.05) is 5.32 Å². The average Bonchev–Trinajstić information content (AvgIpc) is 2.91. The largest absolute Gasteiger partial charge is 0.323 e. The van der Waals surface area contributed by atoms with Crippen LogP contribution in [0.3, 0.4) is 0 Å². The number of benzene rings is 2. The molecule has 0 spiro atoms. The SMILES string of the molecule is CC=CC(=O)Nc1ccc(-c2nc3ccc(C)cc3s2)cc1. The van der Waals surface area contributed by atoms with Gasteiger partial charge in [0.15, 0.2) is 0 Å². The van der Waals surface area contributed by atoms with Gasteiger partial charge in [-0.05, 0) is 61.9 Å². The molecule has 1 amide bonds. The van der Waals surface area contributed by atoms with Crippen LogP contribution in [0.1, 0.15) is 12.5 Å². The lowest BCUT2D eigenvalue weighted by Crippen LogP contribution is -2.07. The van der Waals surface area contributed by atoms with Crippen molar-refractivity contribution in [2.24, 2.45) is 0 Å². The molecule has 0 aliphatic carbocycles. The predicted octanol–water partition coefficient (Wildman–Crippen LogP) is 4.79. The molecule has 0 aliphatic rings. The molecule has 0 saturated carbocycles. The summed E-state index contributed by atoms with van der Waals surface area (Å²) < 4.78 is 1.19. The van der Waals surface area contributed by atoms with Crippen molar-refractivity contribution in [1.82, 2.24) is 4.98 Å². The Bertz CT molecular complexity index is 847. The number of allylic oxidation sites excluding steroid dienone is 1. The number of aromatic nitrogens is 1. The van der Waals surface area contributed by atoms with Gasteiger partial charge in [0.2, 0.25) is 5.91 Å². The normalized spacial score (nSPS) is 11.2. The van der Waals surface area contributed by atoms with Gasteiger partial charge in [-0.15, -0.1) is 11.3 Å². The molecule has 0 bridgehead atoms. The number of fused-ring (bicyclic) bond motifs is 1. The lowest BCUT2D eigenvalue weighted by atomic mass is 10.2. The smallest absolute Gasteiger partial charge is 0.248 e. The Kier molecular flexibility index (Phi) is 4.02. The summed E-state index contributed by atoms with van der Waals surface area (Å²) in [5.74, 6) is -0.120. The van der Waals surface area contributed by atoms with Crippen LogP contribution >= 0.6 is 11.3 Å². The van der Waals surface area contributed by atoms with Crippen molar-refractivity contribution >= 4 is 33.1 Å². The minimum absolute atomic E-state index is 0.120. The second-order valence-electron chi connectivity index (χ2n) is 5.06. The van der Waals surface area contributed by atoms with Gasteiger partial charge in [-0.1, -0.05) is 12.1 Å². The van der Waals surface area contributed by atoms with Crippen LogP contribution in [0.4, 0.5) is 5.69 Å². The molecule has 0 aliphatic heterocycles. The lowest BCUT2D eigenvalue weighted by Gasteiger charge is -2.02. The van der Waals surface area contributed by atoms with Crippen molar-refractivity contribution in [3.63, 3.8) is 0 Å². The third-order valence-corrected chi connectivity index (χ3v) is 4.33. The number of nitrogens with zero attached hydrogens (tertiary/aromatic N) is 1. The van der Waals surface area contributed by atoms with Crippen LogP contribution in [0.2, 0.25) is 0 Å². The van der Waals surface area contributed by atoms with Gasteiger partial charge < -0.3 is 5.32 Å². The Labute approximate surface area is 133 Å². The van der Waals surface area contributed by atoms with Crippen molar-refractivity contribution in [3.8, 4) is 10.6 Å². The molecule has 3 aromatic rings. The summed E-state index contributed by atoms with van der Waals surface area (Å²) in [6.45, 7) is 3.90. The highest BCUT2D eigenvalue weighted by atomic mass is 32.1. The zero-order chi connectivity index (χ0) is 15.5. The number of anilines is 1. The van der Waals surface area contributed by atoms with Gasteiger partial charge in [0.25, 0.3) is 0 Å². The third-order valence-electron chi connectivity index (χ3n) is 3.26. The fraction of sp³-hybridized carbons (Fsp3) is 0.111. The summed E-state index contributed by atoms with van der Waals surface area (Å²) in [5, 5.41) is 3.81. The number of carbonyl (C=O) groups is 1. The number of carbonyl (C=O) groups excluding carboxylic acids is 1. The van der Waals surface area contributed by atoms with Crippen LogP contribution in [0.15, 0.2) is 54.6 Å². The molecule has 4 heteroatoms. The van der Waals surface area contributed by atoms with Gasteiger partial charge in [0.05, 0.1) is 10.2 Å². The standard InChI is InChI=1S/C18H16N2OS/c1-3-4-17(21)19-14-8-6-13(7-9-14)18-20-15-10-5-12(2)11-16(15)22-18/h3-11H,1-2H3,(H,19,21). The van der Waals surface area contributed by atoms with E-state index in [1.807, 2.05) is 31.2 Å². The quantitative estimate of drug-likeness (QED) is 0.707. The summed E-state index contributed by atoms with van der Waals surface area (Å²) >= 11 is 1.68. The first-order chi connectivity index (χ1) is 10.7. The van der Waals surface area contributed by atoms with Crippen LogP contribution in [-0.2, 0) is 4.79 Å². The number of rotatable bonds is 3. The van der Waals surface area contributed by atoms with Crippen LogP contribution in [0.25, 0.3) is 20.8 Å². The average molecular weight is 308 g/mol. The maximum Gasteiger partial charge on any atom is 0.248 e. The van der Waals surface area contributed by atoms with E-state index in [1.165, 1.54) is 16.3 Å². The van der Waals surface area contributed by atoms with Crippen molar-refractivity contribution in [1.29, 1.82) is 0 Å². The second-order valence-corrected chi connectivity index (χ2v) is 6.09. The Hall–Kier alpha value is -2.46. The van der Waals surface area contributed by atoms with E-state index in [-0.39, 0.29) is 5.91 Å². The van der Waals surface area contributed by atoms with E-state index in [2.05, 4.69) is 35.4 Å². The maximum absolute atomic E-state index is 11.5. The zero-order valence-electron chi connectivity index (χ0n) is 12.5. The van der Waals surface area contributed by atoms with E-state index in [9.17, 15) is 4.79 Å². The number of aryl methyl sites for hydroxylation is 1. The van der Waals surface area contributed by atoms with Gasteiger partial charge in [-0.3, -0.25) is 4.79 Å². The minimum Gasteiger partial charge on any atom is -0.323 e. The van der Waals surface area contributed by atoms with E-state index in [4.69, 9.17) is 0 Å². The summed E-state index contributed by atoms with van der Waals surface area (Å²) in [6.07, 6.45) is 3.22. The molecule has 0 fully saturated rings. The summed E-state index contributed by atoms with van der Waals surface area (Å²) in [5.41, 5.74) is 4.10. The molecule has 22 heavy (non-hydrogen) atoms. The minimum atomic E-state index is -0.120. The predicted molar refractivity (Wildman–Crippen MR) is 93.2 cm³/mol. The second kappa shape index (κ2) is 6.12. The molecule has 0 radical (unpaired) electrons. The Morgan fingerprint density at radius 3 is 2.68 bits per heavy atom. The molecule has 0 atom stereocenters. The fourth-order valence-corrected chi connectivity index (χ4v) is 3.26. The summed E-state index contributed by atoms with van der Waals surface area (Å²) in [4.78, 5) is 16.2. The molecule has 0 unspecified atom stereocenters. The molecule has 0 saturated heterocycles. The Morgan fingerprint density at radius 1 is 1.18 bits per heavy atom. The van der Waals surface area contributed by atoms with E-state index in [0.717, 1.165) is 21.8 Å². The molecule has 3 rings (SSSR count). The number of nitrogens with one attached hydrogen (secondary N) is 1. The number of amides is 1. The van der Waals surface area contributed by atoms with Gasteiger partial charge in [0.1, 0.15) is 5.01 Å². The van der Waals surface area contributed by atoms with Crippen molar-refractivity contribution in [3.05, 3.63) is 60.2 Å². The van der Waals surface area contributed by atoms with E-state index < -0.39 is 0 Å². The highest BCUT2D eigenvalue weighted by Gasteiger charge is 2.06. The monoisotopic (exact) mass is 308 g/mol. The van der Waals surface area contributed by atoms with Gasteiger partial charge >= 0.3 is 0 Å². The first kappa shape index (κ1) is 14.5. The van der Waals surface area contributed by atoms with Crippen LogP contribution in [0.5, 0.6) is 0 Å². The molecule has 2 aromatic carbocycles. The topological polar surface area (TPSA) is 42.0 Å². The first-order valence-corrected chi connectivity index (χ1v) is 7.88. The van der Waals surface area contributed by atoms with Crippen LogP contribution in [0, 0.1) is 6.92 Å². The number of hydrogen-bond acceptors (Lipinski definition) is 3. The Morgan fingerprint density at radius 2 is 1.95 bits per heavy atom. The number of thiazole rings is 1.